The van der Waals surface area contributed by atoms with Crippen LogP contribution in [0.2, 0.25) is 0 Å². The third kappa shape index (κ3) is 3.47. The maximum atomic E-state index is 12.4. The smallest absolute Gasteiger partial charge is 0.324 e. The van der Waals surface area contributed by atoms with Crippen LogP contribution in [0.1, 0.15) is 15.9 Å². The Hall–Kier alpha value is -0.590. The molecular formula is C9H8BrClF3NO. The van der Waals surface area contributed by atoms with Crippen LogP contribution >= 0.6 is 28.3 Å². The Kier molecular flexibility index (Phi) is 5.44. The monoisotopic (exact) mass is 317 g/mol. The van der Waals surface area contributed by atoms with Gasteiger partial charge in [-0.1, -0.05) is 22.0 Å². The van der Waals surface area contributed by atoms with Crippen molar-refractivity contribution >= 4 is 34.1 Å². The summed E-state index contributed by atoms with van der Waals surface area (Å²) in [6, 6.07) is 3.28. The van der Waals surface area contributed by atoms with Crippen LogP contribution in [0.5, 0.6) is 0 Å². The van der Waals surface area contributed by atoms with Crippen LogP contribution in [0.15, 0.2) is 22.7 Å². The van der Waals surface area contributed by atoms with Crippen LogP contribution in [-0.4, -0.2) is 12.3 Å². The summed E-state index contributed by atoms with van der Waals surface area (Å²) in [6.45, 7) is -0.307. The zero-order chi connectivity index (χ0) is 11.6. The van der Waals surface area contributed by atoms with Gasteiger partial charge in [-0.3, -0.25) is 4.79 Å². The highest BCUT2D eigenvalue weighted by atomic mass is 79.9. The van der Waals surface area contributed by atoms with Crippen LogP contribution < -0.4 is 5.73 Å². The van der Waals surface area contributed by atoms with E-state index >= 15 is 0 Å². The molecule has 90 valence electrons. The fourth-order valence-electron chi connectivity index (χ4n) is 1.03. The molecule has 0 saturated carbocycles. The molecule has 1 aromatic carbocycles. The molecule has 0 aliphatic carbocycles. The first kappa shape index (κ1) is 15.4. The van der Waals surface area contributed by atoms with Gasteiger partial charge in [0.25, 0.3) is 0 Å². The second kappa shape index (κ2) is 5.65. The molecule has 1 rings (SSSR count). The van der Waals surface area contributed by atoms with E-state index in [4.69, 9.17) is 5.73 Å². The van der Waals surface area contributed by atoms with Gasteiger partial charge in [-0.15, -0.1) is 12.4 Å². The molecule has 7 heteroatoms. The topological polar surface area (TPSA) is 43.1 Å². The summed E-state index contributed by atoms with van der Waals surface area (Å²) in [4.78, 5) is 11.1. The second-order valence-electron chi connectivity index (χ2n) is 2.82. The molecule has 0 atom stereocenters. The third-order valence-corrected chi connectivity index (χ3v) is 2.47. The Bertz CT molecular complexity index is 395. The van der Waals surface area contributed by atoms with Gasteiger partial charge in [-0.05, 0) is 12.1 Å². The van der Waals surface area contributed by atoms with Crippen molar-refractivity contribution in [1.82, 2.24) is 0 Å². The van der Waals surface area contributed by atoms with E-state index in [-0.39, 0.29) is 29.0 Å². The van der Waals surface area contributed by atoms with Gasteiger partial charge >= 0.3 is 6.18 Å². The van der Waals surface area contributed by atoms with Crippen molar-refractivity contribution in [2.24, 2.45) is 5.73 Å². The second-order valence-corrected chi connectivity index (χ2v) is 3.67. The molecule has 0 spiro atoms. The zero-order valence-electron chi connectivity index (χ0n) is 7.84. The number of benzene rings is 1. The molecule has 2 N–H and O–H groups in total. The van der Waals surface area contributed by atoms with Crippen LogP contribution in [0.3, 0.4) is 0 Å². The first-order valence-corrected chi connectivity index (χ1v) is 4.75. The van der Waals surface area contributed by atoms with E-state index in [1.165, 1.54) is 12.1 Å². The highest BCUT2D eigenvalue weighted by molar-refractivity contribution is 9.10. The molecule has 0 aromatic heterocycles. The van der Waals surface area contributed by atoms with Crippen molar-refractivity contribution in [2.75, 3.05) is 6.54 Å². The summed E-state index contributed by atoms with van der Waals surface area (Å²) >= 11 is 2.77. The molecule has 1 aromatic rings. The number of ketones is 1. The molecule has 2 nitrogen and oxygen atoms in total. The quantitative estimate of drug-likeness (QED) is 0.852. The molecule has 0 heterocycles. The largest absolute Gasteiger partial charge is 0.417 e. The number of rotatable bonds is 2. The Labute approximate surface area is 105 Å². The van der Waals surface area contributed by atoms with Gasteiger partial charge in [-0.2, -0.15) is 13.2 Å². The minimum absolute atomic E-state index is 0. The van der Waals surface area contributed by atoms with Gasteiger partial charge in [-0.25, -0.2) is 0 Å². The van der Waals surface area contributed by atoms with Crippen LogP contribution in [0.25, 0.3) is 0 Å². The lowest BCUT2D eigenvalue weighted by atomic mass is 10.1. The lowest BCUT2D eigenvalue weighted by Gasteiger charge is -2.10. The number of hydrogen-bond acceptors (Lipinski definition) is 2. The highest BCUT2D eigenvalue weighted by Crippen LogP contribution is 2.35. The van der Waals surface area contributed by atoms with E-state index in [1.807, 2.05) is 0 Å². The summed E-state index contributed by atoms with van der Waals surface area (Å²) in [6.07, 6.45) is -4.48. The van der Waals surface area contributed by atoms with Crippen molar-refractivity contribution < 1.29 is 18.0 Å². The summed E-state index contributed by atoms with van der Waals surface area (Å²) in [5, 5.41) is 0. The highest BCUT2D eigenvalue weighted by Gasteiger charge is 2.33. The van der Waals surface area contributed by atoms with Crippen molar-refractivity contribution in [2.45, 2.75) is 6.18 Å². The summed E-state index contributed by atoms with van der Waals surface area (Å²) in [5.74, 6) is -0.520. The molecule has 0 radical (unpaired) electrons. The third-order valence-electron chi connectivity index (χ3n) is 1.78. The van der Waals surface area contributed by atoms with Crippen molar-refractivity contribution in [3.63, 3.8) is 0 Å². The predicted octanol–water partition coefficient (Wildman–Crippen LogP) is 3.03. The normalized spacial score (nSPS) is 10.8. The lowest BCUT2D eigenvalue weighted by molar-refractivity contribution is -0.138. The number of nitrogens with two attached hydrogens (primary N) is 1. The van der Waals surface area contributed by atoms with Crippen molar-refractivity contribution in [3.05, 3.63) is 33.8 Å². The molecule has 0 amide bonds. The number of carbonyl (C=O) groups excluding carboxylic acids is 1. The summed E-state index contributed by atoms with van der Waals surface area (Å²) in [5.41, 5.74) is 4.15. The molecule has 0 saturated heterocycles. The average Bonchev–Trinajstić information content (AvgIpc) is 2.15. The SMILES string of the molecule is Cl.NCC(=O)c1ccc(Br)c(C(F)(F)F)c1. The minimum atomic E-state index is -4.48. The first-order chi connectivity index (χ1) is 6.86. The first-order valence-electron chi connectivity index (χ1n) is 3.96. The van der Waals surface area contributed by atoms with Crippen molar-refractivity contribution in [1.29, 1.82) is 0 Å². The van der Waals surface area contributed by atoms with E-state index < -0.39 is 17.5 Å². The fourth-order valence-corrected chi connectivity index (χ4v) is 1.51. The lowest BCUT2D eigenvalue weighted by Crippen LogP contribution is -2.15. The maximum absolute atomic E-state index is 12.4. The predicted molar refractivity (Wildman–Crippen MR) is 59.8 cm³/mol. The molecular weight excluding hydrogens is 310 g/mol. The summed E-state index contributed by atoms with van der Waals surface area (Å²) in [7, 11) is 0. The molecule has 0 aliphatic heterocycles. The average molecular weight is 319 g/mol. The molecule has 16 heavy (non-hydrogen) atoms. The van der Waals surface area contributed by atoms with Gasteiger partial charge in [0.05, 0.1) is 12.1 Å². The van der Waals surface area contributed by atoms with Crippen molar-refractivity contribution in [3.8, 4) is 0 Å². The standard InChI is InChI=1S/C9H7BrF3NO.ClH/c10-7-2-1-5(8(15)4-14)3-6(7)9(11,12)13;/h1-3H,4,14H2;1H. The molecule has 0 fully saturated rings. The van der Waals surface area contributed by atoms with E-state index in [9.17, 15) is 18.0 Å². The molecule has 0 unspecified atom stereocenters. The Morgan fingerprint density at radius 3 is 2.38 bits per heavy atom. The van der Waals surface area contributed by atoms with E-state index in [0.29, 0.717) is 0 Å². The van der Waals surface area contributed by atoms with Crippen LogP contribution in [0, 0.1) is 0 Å². The number of alkyl halides is 3. The maximum Gasteiger partial charge on any atom is 0.417 e. The fraction of sp³-hybridized carbons (Fsp3) is 0.222. The Morgan fingerprint density at radius 2 is 1.94 bits per heavy atom. The number of carbonyl (C=O) groups is 1. The van der Waals surface area contributed by atoms with Gasteiger partial charge in [0.1, 0.15) is 0 Å². The Morgan fingerprint density at radius 1 is 1.38 bits per heavy atom. The number of Topliss-reactive ketones (excluding diaryl/α,β-unsaturated/α-hetero) is 1. The van der Waals surface area contributed by atoms with E-state index in [2.05, 4.69) is 15.9 Å². The zero-order valence-corrected chi connectivity index (χ0v) is 10.2. The molecule has 0 aliphatic rings. The van der Waals surface area contributed by atoms with Gasteiger partial charge < -0.3 is 5.73 Å². The van der Waals surface area contributed by atoms with E-state index in [0.717, 1.165) is 6.07 Å². The van der Waals surface area contributed by atoms with Crippen LogP contribution in [0.4, 0.5) is 13.2 Å². The van der Waals surface area contributed by atoms with Crippen LogP contribution in [-0.2, 0) is 6.18 Å². The van der Waals surface area contributed by atoms with Gasteiger partial charge in [0.15, 0.2) is 5.78 Å². The number of halogens is 5. The van der Waals surface area contributed by atoms with Gasteiger partial charge in [0, 0.05) is 10.0 Å². The molecule has 0 bridgehead atoms. The van der Waals surface area contributed by atoms with E-state index in [1.54, 1.807) is 0 Å². The summed E-state index contributed by atoms with van der Waals surface area (Å²) < 4.78 is 37.2. The Balaban J connectivity index is 0.00000225. The van der Waals surface area contributed by atoms with Gasteiger partial charge in [0.2, 0.25) is 0 Å². The minimum Gasteiger partial charge on any atom is -0.324 e. The number of hydrogen-bond donors (Lipinski definition) is 1.